The highest BCUT2D eigenvalue weighted by atomic mass is 79.9. The van der Waals surface area contributed by atoms with Gasteiger partial charge < -0.3 is 9.67 Å². The lowest BCUT2D eigenvalue weighted by Gasteiger charge is -2.16. The van der Waals surface area contributed by atoms with Crippen LogP contribution in [0.2, 0.25) is 0 Å². The SMILES string of the molecule is OC1CCCc2cn(Cc3cccc(Br)c3)cc21. The summed E-state index contributed by atoms with van der Waals surface area (Å²) in [6, 6.07) is 8.35. The number of benzene rings is 1. The number of aliphatic hydroxyl groups is 1. The van der Waals surface area contributed by atoms with E-state index in [1.807, 2.05) is 6.07 Å². The zero-order chi connectivity index (χ0) is 12.5. The molecule has 2 aromatic rings. The second-order valence-electron chi connectivity index (χ2n) is 4.95. The molecule has 1 heterocycles. The Bertz CT molecular complexity index is 561. The first-order chi connectivity index (χ1) is 8.72. The molecule has 2 nitrogen and oxygen atoms in total. The van der Waals surface area contributed by atoms with E-state index in [0.717, 1.165) is 35.8 Å². The predicted molar refractivity (Wildman–Crippen MR) is 75.6 cm³/mol. The number of nitrogens with zero attached hydrogens (tertiary/aromatic N) is 1. The van der Waals surface area contributed by atoms with Crippen LogP contribution >= 0.6 is 15.9 Å². The highest BCUT2D eigenvalue weighted by Gasteiger charge is 2.19. The molecule has 0 bridgehead atoms. The van der Waals surface area contributed by atoms with Gasteiger partial charge in [-0.15, -0.1) is 0 Å². The summed E-state index contributed by atoms with van der Waals surface area (Å²) in [6.07, 6.45) is 7.09. The largest absolute Gasteiger partial charge is 0.388 e. The predicted octanol–water partition coefficient (Wildman–Crippen LogP) is 3.67. The molecular weight excluding hydrogens is 290 g/mol. The molecule has 0 aliphatic heterocycles. The lowest BCUT2D eigenvalue weighted by Crippen LogP contribution is -2.05. The lowest BCUT2D eigenvalue weighted by atomic mass is 9.93. The van der Waals surface area contributed by atoms with Gasteiger partial charge in [0.25, 0.3) is 0 Å². The minimum absolute atomic E-state index is 0.266. The van der Waals surface area contributed by atoms with Crippen molar-refractivity contribution in [1.29, 1.82) is 0 Å². The Morgan fingerprint density at radius 2 is 2.22 bits per heavy atom. The highest BCUT2D eigenvalue weighted by Crippen LogP contribution is 2.30. The van der Waals surface area contributed by atoms with Crippen molar-refractivity contribution in [2.45, 2.75) is 31.9 Å². The molecule has 0 saturated carbocycles. The minimum atomic E-state index is -0.266. The number of aryl methyl sites for hydroxylation is 1. The van der Waals surface area contributed by atoms with Crippen molar-refractivity contribution in [3.05, 3.63) is 57.8 Å². The topological polar surface area (TPSA) is 25.2 Å². The normalized spacial score (nSPS) is 18.7. The number of rotatable bonds is 2. The van der Waals surface area contributed by atoms with Gasteiger partial charge in [0, 0.05) is 29.0 Å². The second kappa shape index (κ2) is 4.90. The van der Waals surface area contributed by atoms with Gasteiger partial charge in [-0.1, -0.05) is 28.1 Å². The van der Waals surface area contributed by atoms with Gasteiger partial charge >= 0.3 is 0 Å². The average Bonchev–Trinajstić information content (AvgIpc) is 2.73. The molecule has 1 aromatic carbocycles. The summed E-state index contributed by atoms with van der Waals surface area (Å²) in [4.78, 5) is 0. The summed E-state index contributed by atoms with van der Waals surface area (Å²) < 4.78 is 3.29. The Labute approximate surface area is 115 Å². The van der Waals surface area contributed by atoms with Gasteiger partial charge in [-0.3, -0.25) is 0 Å². The van der Waals surface area contributed by atoms with Crippen molar-refractivity contribution in [3.8, 4) is 0 Å². The van der Waals surface area contributed by atoms with E-state index < -0.39 is 0 Å². The van der Waals surface area contributed by atoms with E-state index in [1.165, 1.54) is 11.1 Å². The van der Waals surface area contributed by atoms with Crippen LogP contribution in [0.3, 0.4) is 0 Å². The molecular formula is C15H16BrNO. The zero-order valence-electron chi connectivity index (χ0n) is 10.1. The van der Waals surface area contributed by atoms with Crippen LogP contribution in [0.25, 0.3) is 0 Å². The summed E-state index contributed by atoms with van der Waals surface area (Å²) in [7, 11) is 0. The fraction of sp³-hybridized carbons (Fsp3) is 0.333. The molecule has 1 aliphatic rings. The number of aromatic nitrogens is 1. The molecule has 1 aliphatic carbocycles. The second-order valence-corrected chi connectivity index (χ2v) is 5.86. The maximum atomic E-state index is 9.96. The summed E-state index contributed by atoms with van der Waals surface area (Å²) in [5, 5.41) is 9.96. The number of aliphatic hydroxyl groups excluding tert-OH is 1. The molecule has 0 amide bonds. The van der Waals surface area contributed by atoms with E-state index in [4.69, 9.17) is 0 Å². The maximum Gasteiger partial charge on any atom is 0.0807 e. The van der Waals surface area contributed by atoms with Crippen LogP contribution in [-0.2, 0) is 13.0 Å². The van der Waals surface area contributed by atoms with E-state index in [0.29, 0.717) is 0 Å². The Hall–Kier alpha value is -1.06. The van der Waals surface area contributed by atoms with Crippen LogP contribution in [-0.4, -0.2) is 9.67 Å². The monoisotopic (exact) mass is 305 g/mol. The third kappa shape index (κ3) is 2.38. The van der Waals surface area contributed by atoms with Gasteiger partial charge in [0.15, 0.2) is 0 Å². The Morgan fingerprint density at radius 3 is 3.00 bits per heavy atom. The Balaban J connectivity index is 1.85. The molecule has 1 atom stereocenters. The molecule has 0 radical (unpaired) electrons. The van der Waals surface area contributed by atoms with Crippen molar-refractivity contribution in [2.24, 2.45) is 0 Å². The van der Waals surface area contributed by atoms with Crippen molar-refractivity contribution < 1.29 is 5.11 Å². The van der Waals surface area contributed by atoms with Crippen LogP contribution in [0.5, 0.6) is 0 Å². The third-order valence-electron chi connectivity index (χ3n) is 3.53. The van der Waals surface area contributed by atoms with E-state index in [9.17, 15) is 5.11 Å². The molecule has 0 spiro atoms. The number of halogens is 1. The van der Waals surface area contributed by atoms with Gasteiger partial charge in [0.2, 0.25) is 0 Å². The molecule has 1 unspecified atom stereocenters. The van der Waals surface area contributed by atoms with Gasteiger partial charge in [-0.2, -0.15) is 0 Å². The lowest BCUT2D eigenvalue weighted by molar-refractivity contribution is 0.157. The van der Waals surface area contributed by atoms with Gasteiger partial charge in [-0.25, -0.2) is 0 Å². The molecule has 18 heavy (non-hydrogen) atoms. The van der Waals surface area contributed by atoms with Gasteiger partial charge in [0.05, 0.1) is 6.10 Å². The van der Waals surface area contributed by atoms with Crippen molar-refractivity contribution in [2.75, 3.05) is 0 Å². The van der Waals surface area contributed by atoms with Gasteiger partial charge in [-0.05, 0) is 42.5 Å². The molecule has 3 rings (SSSR count). The molecule has 0 saturated heterocycles. The molecule has 0 fully saturated rings. The van der Waals surface area contributed by atoms with Crippen LogP contribution in [0.4, 0.5) is 0 Å². The fourth-order valence-corrected chi connectivity index (χ4v) is 3.11. The van der Waals surface area contributed by atoms with Crippen LogP contribution < -0.4 is 0 Å². The highest BCUT2D eigenvalue weighted by molar-refractivity contribution is 9.10. The van der Waals surface area contributed by atoms with Crippen molar-refractivity contribution in [3.63, 3.8) is 0 Å². The number of hydrogen-bond donors (Lipinski definition) is 1. The smallest absolute Gasteiger partial charge is 0.0807 e. The molecule has 94 valence electrons. The maximum absolute atomic E-state index is 9.96. The molecule has 1 N–H and O–H groups in total. The number of hydrogen-bond acceptors (Lipinski definition) is 1. The first-order valence-electron chi connectivity index (χ1n) is 6.33. The summed E-state index contributed by atoms with van der Waals surface area (Å²) in [5.41, 5.74) is 3.70. The quantitative estimate of drug-likeness (QED) is 0.900. The van der Waals surface area contributed by atoms with Crippen molar-refractivity contribution in [1.82, 2.24) is 4.57 Å². The first-order valence-corrected chi connectivity index (χ1v) is 7.13. The molecule has 1 aromatic heterocycles. The van der Waals surface area contributed by atoms with Gasteiger partial charge in [0.1, 0.15) is 0 Å². The summed E-state index contributed by atoms with van der Waals surface area (Å²) >= 11 is 3.49. The van der Waals surface area contributed by atoms with E-state index in [2.05, 4.69) is 51.1 Å². The Morgan fingerprint density at radius 1 is 1.33 bits per heavy atom. The molecule has 3 heteroatoms. The minimum Gasteiger partial charge on any atom is -0.388 e. The van der Waals surface area contributed by atoms with Crippen LogP contribution in [0.15, 0.2) is 41.1 Å². The van der Waals surface area contributed by atoms with Crippen molar-refractivity contribution >= 4 is 15.9 Å². The van der Waals surface area contributed by atoms with Crippen LogP contribution in [0.1, 0.15) is 35.6 Å². The van der Waals surface area contributed by atoms with E-state index in [1.54, 1.807) is 0 Å². The summed E-state index contributed by atoms with van der Waals surface area (Å²) in [5.74, 6) is 0. The first kappa shape index (κ1) is 12.0. The fourth-order valence-electron chi connectivity index (χ4n) is 2.66. The third-order valence-corrected chi connectivity index (χ3v) is 4.03. The van der Waals surface area contributed by atoms with E-state index in [-0.39, 0.29) is 6.10 Å². The summed E-state index contributed by atoms with van der Waals surface area (Å²) in [6.45, 7) is 0.860. The number of fused-ring (bicyclic) bond motifs is 1. The Kier molecular flexibility index (Phi) is 3.27. The standard InChI is InChI=1S/C15H16BrNO/c16-13-5-1-3-11(7-13)8-17-9-12-4-2-6-15(18)14(12)10-17/h1,3,5,7,9-10,15,18H,2,4,6,8H2. The average molecular weight is 306 g/mol. The van der Waals surface area contributed by atoms with E-state index >= 15 is 0 Å². The van der Waals surface area contributed by atoms with Crippen LogP contribution in [0, 0.1) is 0 Å². The zero-order valence-corrected chi connectivity index (χ0v) is 11.7.